The topological polar surface area (TPSA) is 26.0 Å². The van der Waals surface area contributed by atoms with E-state index in [1.807, 2.05) is 0 Å². The maximum absolute atomic E-state index is 6.32. The van der Waals surface area contributed by atoms with Crippen molar-refractivity contribution in [3.63, 3.8) is 0 Å². The molecule has 1 heteroatoms. The van der Waals surface area contributed by atoms with Crippen molar-refractivity contribution in [2.24, 2.45) is 17.6 Å². The predicted octanol–water partition coefficient (Wildman–Crippen LogP) is 6.21. The van der Waals surface area contributed by atoms with Gasteiger partial charge in [-0.1, -0.05) is 89.9 Å². The van der Waals surface area contributed by atoms with Gasteiger partial charge in [0.1, 0.15) is 0 Å². The molecule has 0 aromatic carbocycles. The second-order valence-corrected chi connectivity index (χ2v) is 7.91. The Hall–Kier alpha value is -0.0400. The lowest BCUT2D eigenvalue weighted by Gasteiger charge is -2.18. The molecule has 2 N–H and O–H groups in total. The van der Waals surface area contributed by atoms with Crippen LogP contribution in [0.5, 0.6) is 0 Å². The minimum Gasteiger partial charge on any atom is -0.327 e. The van der Waals surface area contributed by atoms with E-state index < -0.39 is 0 Å². The van der Waals surface area contributed by atoms with E-state index in [-0.39, 0.29) is 0 Å². The van der Waals surface area contributed by atoms with E-state index >= 15 is 0 Å². The van der Waals surface area contributed by atoms with Gasteiger partial charge in [0.15, 0.2) is 0 Å². The van der Waals surface area contributed by atoms with Gasteiger partial charge < -0.3 is 5.73 Å². The summed E-state index contributed by atoms with van der Waals surface area (Å²) in [6.07, 6.45) is 24.7. The molecule has 2 fully saturated rings. The SMILES string of the molecule is NC(CCCCCCCCCC1CCCC1)C1CCCC1. The van der Waals surface area contributed by atoms with Crippen LogP contribution in [0.15, 0.2) is 0 Å². The Balaban J connectivity index is 1.32. The molecule has 2 rings (SSSR count). The summed E-state index contributed by atoms with van der Waals surface area (Å²) in [7, 11) is 0. The zero-order valence-electron chi connectivity index (χ0n) is 14.3. The Kier molecular flexibility index (Phi) is 8.78. The zero-order valence-corrected chi connectivity index (χ0v) is 14.3. The minimum atomic E-state index is 0.513. The fourth-order valence-electron chi connectivity index (χ4n) is 4.62. The highest BCUT2D eigenvalue weighted by atomic mass is 14.6. The van der Waals surface area contributed by atoms with Crippen LogP contribution in [-0.2, 0) is 0 Å². The van der Waals surface area contributed by atoms with Crippen molar-refractivity contribution in [1.82, 2.24) is 0 Å². The van der Waals surface area contributed by atoms with Gasteiger partial charge in [0.25, 0.3) is 0 Å². The van der Waals surface area contributed by atoms with Crippen LogP contribution < -0.4 is 5.73 Å². The van der Waals surface area contributed by atoms with E-state index in [4.69, 9.17) is 5.73 Å². The van der Waals surface area contributed by atoms with Crippen molar-refractivity contribution >= 4 is 0 Å². The molecule has 0 aromatic rings. The molecule has 2 aliphatic rings. The molecule has 0 aliphatic heterocycles. The summed E-state index contributed by atoms with van der Waals surface area (Å²) >= 11 is 0. The van der Waals surface area contributed by atoms with E-state index in [2.05, 4.69) is 0 Å². The van der Waals surface area contributed by atoms with Crippen LogP contribution >= 0.6 is 0 Å². The molecular weight excluding hydrogens is 254 g/mol. The van der Waals surface area contributed by atoms with Gasteiger partial charge in [-0.15, -0.1) is 0 Å². The van der Waals surface area contributed by atoms with Crippen molar-refractivity contribution < 1.29 is 0 Å². The van der Waals surface area contributed by atoms with Gasteiger partial charge in [-0.05, 0) is 31.1 Å². The van der Waals surface area contributed by atoms with Gasteiger partial charge in [0.2, 0.25) is 0 Å². The van der Waals surface area contributed by atoms with Crippen LogP contribution in [0.4, 0.5) is 0 Å². The van der Waals surface area contributed by atoms with Crippen molar-refractivity contribution in [2.75, 3.05) is 0 Å². The normalized spacial score (nSPS) is 22.1. The molecule has 0 heterocycles. The fourth-order valence-corrected chi connectivity index (χ4v) is 4.62. The molecule has 2 saturated carbocycles. The molecule has 2 aliphatic carbocycles. The van der Waals surface area contributed by atoms with Crippen molar-refractivity contribution in [3.05, 3.63) is 0 Å². The monoisotopic (exact) mass is 293 g/mol. The summed E-state index contributed by atoms with van der Waals surface area (Å²) in [5.41, 5.74) is 6.32. The first-order valence-corrected chi connectivity index (χ1v) is 10.1. The molecule has 1 nitrogen and oxygen atoms in total. The highest BCUT2D eigenvalue weighted by molar-refractivity contribution is 4.77. The van der Waals surface area contributed by atoms with E-state index in [0.29, 0.717) is 6.04 Å². The molecular formula is C20H39N. The van der Waals surface area contributed by atoms with Crippen molar-refractivity contribution in [3.8, 4) is 0 Å². The van der Waals surface area contributed by atoms with Crippen LogP contribution in [0.25, 0.3) is 0 Å². The predicted molar refractivity (Wildman–Crippen MR) is 93.4 cm³/mol. The van der Waals surface area contributed by atoms with Gasteiger partial charge in [0, 0.05) is 6.04 Å². The lowest BCUT2D eigenvalue weighted by Crippen LogP contribution is -2.28. The Morgan fingerprint density at radius 1 is 0.667 bits per heavy atom. The number of rotatable bonds is 11. The molecule has 0 saturated heterocycles. The Morgan fingerprint density at radius 2 is 1.19 bits per heavy atom. The van der Waals surface area contributed by atoms with E-state index in [9.17, 15) is 0 Å². The summed E-state index contributed by atoms with van der Waals surface area (Å²) < 4.78 is 0. The zero-order chi connectivity index (χ0) is 14.8. The number of nitrogens with two attached hydrogens (primary N) is 1. The minimum absolute atomic E-state index is 0.513. The van der Waals surface area contributed by atoms with Gasteiger partial charge in [-0.25, -0.2) is 0 Å². The van der Waals surface area contributed by atoms with Crippen LogP contribution in [0.1, 0.15) is 109 Å². The van der Waals surface area contributed by atoms with Crippen LogP contribution in [0.2, 0.25) is 0 Å². The average Bonchev–Trinajstić information content (AvgIpc) is 3.18. The summed E-state index contributed by atoms with van der Waals surface area (Å²) in [6.45, 7) is 0. The maximum atomic E-state index is 6.32. The average molecular weight is 294 g/mol. The highest BCUT2D eigenvalue weighted by Gasteiger charge is 2.21. The summed E-state index contributed by atoms with van der Waals surface area (Å²) in [6, 6.07) is 0.513. The quantitative estimate of drug-likeness (QED) is 0.451. The number of hydrogen-bond donors (Lipinski definition) is 1. The maximum Gasteiger partial charge on any atom is 0.00671 e. The third-order valence-corrected chi connectivity index (χ3v) is 6.13. The van der Waals surface area contributed by atoms with Crippen molar-refractivity contribution in [2.45, 2.75) is 115 Å². The molecule has 21 heavy (non-hydrogen) atoms. The van der Waals surface area contributed by atoms with Gasteiger partial charge in [-0.3, -0.25) is 0 Å². The standard InChI is InChI=1S/C20H39N/c21-20(19-15-10-11-16-19)17-7-5-3-1-2-4-6-12-18-13-8-9-14-18/h18-20H,1-17,21H2. The van der Waals surface area contributed by atoms with Gasteiger partial charge >= 0.3 is 0 Å². The third-order valence-electron chi connectivity index (χ3n) is 6.13. The molecule has 0 bridgehead atoms. The summed E-state index contributed by atoms with van der Waals surface area (Å²) in [4.78, 5) is 0. The molecule has 1 unspecified atom stereocenters. The second kappa shape index (κ2) is 10.6. The first-order valence-electron chi connectivity index (χ1n) is 10.1. The summed E-state index contributed by atoms with van der Waals surface area (Å²) in [5, 5.41) is 0. The fraction of sp³-hybridized carbons (Fsp3) is 1.00. The molecule has 0 amide bonds. The van der Waals surface area contributed by atoms with Crippen LogP contribution in [0, 0.1) is 11.8 Å². The van der Waals surface area contributed by atoms with Crippen molar-refractivity contribution in [1.29, 1.82) is 0 Å². The third kappa shape index (κ3) is 7.17. The first-order chi connectivity index (χ1) is 10.4. The Bertz CT molecular complexity index is 238. The smallest absolute Gasteiger partial charge is 0.00671 e. The van der Waals surface area contributed by atoms with E-state index in [1.54, 1.807) is 0 Å². The second-order valence-electron chi connectivity index (χ2n) is 7.91. The summed E-state index contributed by atoms with van der Waals surface area (Å²) in [5.74, 6) is 1.96. The molecule has 1 atom stereocenters. The van der Waals surface area contributed by atoms with Crippen LogP contribution in [0.3, 0.4) is 0 Å². The number of unbranched alkanes of at least 4 members (excludes halogenated alkanes) is 6. The first kappa shape index (κ1) is 17.3. The van der Waals surface area contributed by atoms with Gasteiger partial charge in [-0.2, -0.15) is 0 Å². The molecule has 124 valence electrons. The Labute approximate surface area is 133 Å². The molecule has 0 aromatic heterocycles. The van der Waals surface area contributed by atoms with Crippen LogP contribution in [-0.4, -0.2) is 6.04 Å². The molecule has 0 radical (unpaired) electrons. The van der Waals surface area contributed by atoms with Gasteiger partial charge in [0.05, 0.1) is 0 Å². The van der Waals surface area contributed by atoms with E-state index in [0.717, 1.165) is 11.8 Å². The highest BCUT2D eigenvalue weighted by Crippen LogP contribution is 2.30. The van der Waals surface area contributed by atoms with E-state index in [1.165, 1.54) is 109 Å². The molecule has 0 spiro atoms. The largest absolute Gasteiger partial charge is 0.327 e. The lowest BCUT2D eigenvalue weighted by atomic mass is 9.93. The number of hydrogen-bond acceptors (Lipinski definition) is 1. The Morgan fingerprint density at radius 3 is 1.86 bits per heavy atom. The lowest BCUT2D eigenvalue weighted by molar-refractivity contribution is 0.393.